The predicted octanol–water partition coefficient (Wildman–Crippen LogP) is 3.15. The van der Waals surface area contributed by atoms with Crippen molar-refractivity contribution in [2.45, 2.75) is 44.9 Å². The van der Waals surface area contributed by atoms with Gasteiger partial charge < -0.3 is 25.2 Å². The Balaban J connectivity index is 1.17. The Hall–Kier alpha value is -2.32. The second kappa shape index (κ2) is 10.7. The Bertz CT molecular complexity index is 958. The van der Waals surface area contributed by atoms with Gasteiger partial charge in [-0.25, -0.2) is 0 Å². The van der Waals surface area contributed by atoms with Crippen molar-refractivity contribution in [2.75, 3.05) is 38.1 Å². The van der Waals surface area contributed by atoms with Crippen LogP contribution in [0.5, 0.6) is 11.5 Å². The summed E-state index contributed by atoms with van der Waals surface area (Å²) in [7, 11) is 0. The normalized spacial score (nSPS) is 19.8. The van der Waals surface area contributed by atoms with E-state index in [0.717, 1.165) is 42.7 Å². The van der Waals surface area contributed by atoms with Crippen molar-refractivity contribution in [1.29, 1.82) is 0 Å². The van der Waals surface area contributed by atoms with Crippen LogP contribution in [0.3, 0.4) is 0 Å². The summed E-state index contributed by atoms with van der Waals surface area (Å²) < 4.78 is 11.6. The van der Waals surface area contributed by atoms with E-state index in [4.69, 9.17) is 21.1 Å². The number of anilines is 1. The molecule has 178 valence electrons. The number of likely N-dealkylation sites (tertiary alicyclic amines) is 1. The molecule has 0 aromatic heterocycles. The molecule has 0 radical (unpaired) electrons. The number of hydrogen-bond acceptors (Lipinski definition) is 6. The van der Waals surface area contributed by atoms with E-state index in [9.17, 15) is 9.90 Å². The van der Waals surface area contributed by atoms with Gasteiger partial charge in [-0.05, 0) is 49.9 Å². The highest BCUT2D eigenvalue weighted by Crippen LogP contribution is 2.34. The van der Waals surface area contributed by atoms with Gasteiger partial charge in [0.15, 0.2) is 17.6 Å². The lowest BCUT2D eigenvalue weighted by Crippen LogP contribution is -2.50. The van der Waals surface area contributed by atoms with Crippen LogP contribution < -0.4 is 20.1 Å². The predicted molar refractivity (Wildman–Crippen MR) is 129 cm³/mol. The van der Waals surface area contributed by atoms with Gasteiger partial charge in [0, 0.05) is 42.5 Å². The van der Waals surface area contributed by atoms with E-state index in [0.29, 0.717) is 35.7 Å². The number of aliphatic hydroxyl groups is 1. The summed E-state index contributed by atoms with van der Waals surface area (Å²) >= 11 is 5.98. The van der Waals surface area contributed by atoms with Crippen molar-refractivity contribution in [3.63, 3.8) is 0 Å². The number of carbonyl (C=O) groups is 1. The fraction of sp³-hybridized carbons (Fsp3) is 0.480. The van der Waals surface area contributed by atoms with Gasteiger partial charge in [-0.15, -0.1) is 0 Å². The van der Waals surface area contributed by atoms with Crippen molar-refractivity contribution in [1.82, 2.24) is 10.2 Å². The Labute approximate surface area is 200 Å². The summed E-state index contributed by atoms with van der Waals surface area (Å²) in [6.07, 6.45) is 0.731. The first-order chi connectivity index (χ1) is 15.9. The number of hydrogen-bond donors (Lipinski definition) is 3. The van der Waals surface area contributed by atoms with Crippen LogP contribution in [0, 0.1) is 13.8 Å². The lowest BCUT2D eigenvalue weighted by Gasteiger charge is -2.34. The van der Waals surface area contributed by atoms with Crippen LogP contribution in [0.1, 0.15) is 24.0 Å². The average Bonchev–Trinajstić information content (AvgIpc) is 2.80. The quantitative estimate of drug-likeness (QED) is 0.573. The molecule has 2 aliphatic rings. The van der Waals surface area contributed by atoms with E-state index in [1.54, 1.807) is 18.2 Å². The Morgan fingerprint density at radius 3 is 2.64 bits per heavy atom. The first-order valence-corrected chi connectivity index (χ1v) is 11.9. The highest BCUT2D eigenvalue weighted by Gasteiger charge is 2.29. The minimum atomic E-state index is -0.685. The van der Waals surface area contributed by atoms with Crippen LogP contribution >= 0.6 is 11.6 Å². The third-order valence-electron chi connectivity index (χ3n) is 6.33. The largest absolute Gasteiger partial charge is 0.486 e. The Kier molecular flexibility index (Phi) is 7.75. The molecule has 0 bridgehead atoms. The smallest absolute Gasteiger partial charge is 0.238 e. The zero-order chi connectivity index (χ0) is 23.4. The SMILES string of the molecule is Cc1cccc(C)c1NC(=O)CN1CCC(NCC(O)C2COc3cc(Cl)ccc3O2)CC1. The van der Waals surface area contributed by atoms with Crippen LogP contribution in [0.15, 0.2) is 36.4 Å². The number of halogens is 1. The first-order valence-electron chi connectivity index (χ1n) is 11.5. The molecule has 3 N–H and O–H groups in total. The van der Waals surface area contributed by atoms with E-state index >= 15 is 0 Å². The molecule has 33 heavy (non-hydrogen) atoms. The monoisotopic (exact) mass is 473 g/mol. The number of rotatable bonds is 7. The number of ether oxygens (including phenoxy) is 2. The molecule has 1 saturated heterocycles. The van der Waals surface area contributed by atoms with Gasteiger partial charge in [-0.1, -0.05) is 29.8 Å². The molecule has 2 unspecified atom stereocenters. The van der Waals surface area contributed by atoms with Gasteiger partial charge in [-0.3, -0.25) is 9.69 Å². The number of amides is 1. The van der Waals surface area contributed by atoms with E-state index in [1.165, 1.54) is 0 Å². The molecule has 4 rings (SSSR count). The molecule has 0 saturated carbocycles. The maximum atomic E-state index is 12.5. The zero-order valence-corrected chi connectivity index (χ0v) is 19.9. The number of fused-ring (bicyclic) bond motifs is 1. The van der Waals surface area contributed by atoms with Gasteiger partial charge in [0.1, 0.15) is 12.7 Å². The van der Waals surface area contributed by atoms with E-state index < -0.39 is 12.2 Å². The molecule has 2 aromatic rings. The Morgan fingerprint density at radius 1 is 1.18 bits per heavy atom. The third-order valence-corrected chi connectivity index (χ3v) is 6.57. The van der Waals surface area contributed by atoms with E-state index in [-0.39, 0.29) is 12.5 Å². The summed E-state index contributed by atoms with van der Waals surface area (Å²) in [6, 6.07) is 11.5. The molecular weight excluding hydrogens is 442 g/mol. The lowest BCUT2D eigenvalue weighted by atomic mass is 10.0. The molecule has 1 amide bonds. The third kappa shape index (κ3) is 6.18. The van der Waals surface area contributed by atoms with Gasteiger partial charge in [0.05, 0.1) is 6.54 Å². The van der Waals surface area contributed by atoms with Crippen LogP contribution in [-0.2, 0) is 4.79 Å². The van der Waals surface area contributed by atoms with Crippen molar-refractivity contribution in [3.05, 3.63) is 52.5 Å². The standard InChI is InChI=1S/C25H32ClN3O4/c1-16-4-3-5-17(2)25(16)28-24(31)14-29-10-8-19(9-11-29)27-13-20(30)23-15-32-22-12-18(26)6-7-21(22)33-23/h3-7,12,19-20,23,27,30H,8-11,13-15H2,1-2H3,(H,28,31). The number of aliphatic hydroxyl groups excluding tert-OH is 1. The summed E-state index contributed by atoms with van der Waals surface area (Å²) in [6.45, 7) is 6.79. The van der Waals surface area contributed by atoms with Crippen molar-refractivity contribution in [2.24, 2.45) is 0 Å². The second-order valence-corrected chi connectivity index (χ2v) is 9.34. The summed E-state index contributed by atoms with van der Waals surface area (Å²) in [5, 5.41) is 17.7. The summed E-state index contributed by atoms with van der Waals surface area (Å²) in [4.78, 5) is 14.7. The number of piperidine rings is 1. The minimum Gasteiger partial charge on any atom is -0.486 e. The number of benzene rings is 2. The van der Waals surface area contributed by atoms with Gasteiger partial charge in [-0.2, -0.15) is 0 Å². The maximum absolute atomic E-state index is 12.5. The second-order valence-electron chi connectivity index (χ2n) is 8.90. The Morgan fingerprint density at radius 2 is 1.91 bits per heavy atom. The minimum absolute atomic E-state index is 0.0187. The van der Waals surface area contributed by atoms with Crippen molar-refractivity contribution < 1.29 is 19.4 Å². The number of nitrogens with one attached hydrogen (secondary N) is 2. The topological polar surface area (TPSA) is 83.1 Å². The average molecular weight is 474 g/mol. The number of para-hydroxylation sites is 1. The number of carbonyl (C=O) groups excluding carboxylic acids is 1. The van der Waals surface area contributed by atoms with E-state index in [1.807, 2.05) is 32.0 Å². The highest BCUT2D eigenvalue weighted by atomic mass is 35.5. The fourth-order valence-electron chi connectivity index (χ4n) is 4.36. The molecule has 8 heteroatoms. The molecule has 1 fully saturated rings. The van der Waals surface area contributed by atoms with E-state index in [2.05, 4.69) is 15.5 Å². The van der Waals surface area contributed by atoms with Gasteiger partial charge in [0.25, 0.3) is 0 Å². The summed E-state index contributed by atoms with van der Waals surface area (Å²) in [5.41, 5.74) is 3.06. The van der Waals surface area contributed by atoms with Crippen molar-refractivity contribution in [3.8, 4) is 11.5 Å². The van der Waals surface area contributed by atoms with Gasteiger partial charge in [0.2, 0.25) is 5.91 Å². The van der Waals surface area contributed by atoms with Crippen LogP contribution in [0.2, 0.25) is 5.02 Å². The number of nitrogens with zero attached hydrogens (tertiary/aromatic N) is 1. The van der Waals surface area contributed by atoms with Crippen LogP contribution in [0.25, 0.3) is 0 Å². The molecule has 2 atom stereocenters. The summed E-state index contributed by atoms with van der Waals surface area (Å²) in [5.74, 6) is 1.22. The number of aryl methyl sites for hydroxylation is 2. The molecular formula is C25H32ClN3O4. The van der Waals surface area contributed by atoms with Gasteiger partial charge >= 0.3 is 0 Å². The molecule has 7 nitrogen and oxygen atoms in total. The first kappa shape index (κ1) is 23.8. The van der Waals surface area contributed by atoms with Crippen LogP contribution in [-0.4, -0.2) is 66.9 Å². The van der Waals surface area contributed by atoms with Crippen LogP contribution in [0.4, 0.5) is 5.69 Å². The molecule has 2 aliphatic heterocycles. The zero-order valence-electron chi connectivity index (χ0n) is 19.1. The molecule has 0 aliphatic carbocycles. The molecule has 0 spiro atoms. The highest BCUT2D eigenvalue weighted by molar-refractivity contribution is 6.30. The fourth-order valence-corrected chi connectivity index (χ4v) is 4.52. The van der Waals surface area contributed by atoms with Crippen molar-refractivity contribution >= 4 is 23.2 Å². The molecule has 2 aromatic carbocycles. The molecule has 2 heterocycles. The maximum Gasteiger partial charge on any atom is 0.238 e. The lowest BCUT2D eigenvalue weighted by molar-refractivity contribution is -0.117.